The van der Waals surface area contributed by atoms with Gasteiger partial charge in [-0.15, -0.1) is 0 Å². The predicted molar refractivity (Wildman–Crippen MR) is 70.0 cm³/mol. The molecule has 0 saturated heterocycles. The normalized spacial score (nSPS) is 10.2. The Kier molecular flexibility index (Phi) is 3.43. The largest absolute Gasteiger partial charge is 0.464 e. The summed E-state index contributed by atoms with van der Waals surface area (Å²) in [5.74, 6) is -0.634. The number of hydrogen-bond donors (Lipinski definition) is 1. The molecule has 0 fully saturated rings. The molecule has 1 heterocycles. The second kappa shape index (κ2) is 5.02. The predicted octanol–water partition coefficient (Wildman–Crippen LogP) is 2.09. The van der Waals surface area contributed by atoms with Gasteiger partial charge >= 0.3 is 5.97 Å². The van der Waals surface area contributed by atoms with Gasteiger partial charge in [0.1, 0.15) is 10.0 Å². The lowest BCUT2D eigenvalue weighted by molar-refractivity contribution is -0.384. The van der Waals surface area contributed by atoms with E-state index in [0.29, 0.717) is 10.6 Å². The fraction of sp³-hybridized carbons (Fsp3) is 0.0909. The van der Waals surface area contributed by atoms with Crippen molar-refractivity contribution < 1.29 is 14.5 Å². The number of nitro groups is 1. The number of anilines is 1. The first-order valence-corrected chi connectivity index (χ1v) is 5.94. The van der Waals surface area contributed by atoms with E-state index in [1.807, 2.05) is 0 Å². The Bertz CT molecular complexity index is 653. The van der Waals surface area contributed by atoms with Crippen molar-refractivity contribution in [2.24, 2.45) is 0 Å². The van der Waals surface area contributed by atoms with Crippen LogP contribution in [0.4, 0.5) is 10.7 Å². The van der Waals surface area contributed by atoms with Gasteiger partial charge < -0.3 is 10.5 Å². The monoisotopic (exact) mass is 279 g/mol. The number of thiazole rings is 1. The summed E-state index contributed by atoms with van der Waals surface area (Å²) in [6, 6.07) is 5.95. The Hall–Kier alpha value is -2.48. The summed E-state index contributed by atoms with van der Waals surface area (Å²) in [6.45, 7) is 0. The van der Waals surface area contributed by atoms with Crippen molar-refractivity contribution in [3.63, 3.8) is 0 Å². The molecule has 2 aromatic rings. The van der Waals surface area contributed by atoms with Gasteiger partial charge in [0, 0.05) is 17.7 Å². The number of esters is 1. The number of methoxy groups -OCH3 is 1. The molecule has 0 aliphatic carbocycles. The highest BCUT2D eigenvalue weighted by molar-refractivity contribution is 7.19. The summed E-state index contributed by atoms with van der Waals surface area (Å²) < 4.78 is 4.55. The summed E-state index contributed by atoms with van der Waals surface area (Å²) in [4.78, 5) is 25.6. The van der Waals surface area contributed by atoms with E-state index in [9.17, 15) is 14.9 Å². The van der Waals surface area contributed by atoms with Crippen molar-refractivity contribution in [2.75, 3.05) is 12.8 Å². The van der Waals surface area contributed by atoms with Crippen LogP contribution in [0.25, 0.3) is 10.6 Å². The van der Waals surface area contributed by atoms with E-state index in [-0.39, 0.29) is 16.4 Å². The summed E-state index contributed by atoms with van der Waals surface area (Å²) in [6.07, 6.45) is 0. The van der Waals surface area contributed by atoms with Gasteiger partial charge in [0.05, 0.1) is 12.0 Å². The van der Waals surface area contributed by atoms with Gasteiger partial charge in [0.2, 0.25) is 0 Å². The molecule has 0 atom stereocenters. The van der Waals surface area contributed by atoms with Crippen molar-refractivity contribution >= 4 is 28.0 Å². The van der Waals surface area contributed by atoms with Crippen LogP contribution in [0.3, 0.4) is 0 Å². The molecule has 0 bridgehead atoms. The SMILES string of the molecule is COC(=O)c1nc(-c2cccc([N+](=O)[O-])c2)sc1N. The number of nitrogens with two attached hydrogens (primary N) is 1. The minimum Gasteiger partial charge on any atom is -0.464 e. The number of aromatic nitrogens is 1. The number of nitrogen functional groups attached to an aromatic ring is 1. The maximum absolute atomic E-state index is 11.4. The quantitative estimate of drug-likeness (QED) is 0.523. The average Bonchev–Trinajstić information content (AvgIpc) is 2.80. The zero-order valence-electron chi connectivity index (χ0n) is 9.82. The van der Waals surface area contributed by atoms with E-state index < -0.39 is 10.9 Å². The number of benzene rings is 1. The molecule has 0 aliphatic rings. The molecule has 2 rings (SSSR count). The summed E-state index contributed by atoms with van der Waals surface area (Å²) >= 11 is 1.07. The Morgan fingerprint density at radius 2 is 2.26 bits per heavy atom. The van der Waals surface area contributed by atoms with Gasteiger partial charge in [-0.3, -0.25) is 10.1 Å². The zero-order valence-corrected chi connectivity index (χ0v) is 10.6. The topological polar surface area (TPSA) is 108 Å². The van der Waals surface area contributed by atoms with Crippen LogP contribution in [0.15, 0.2) is 24.3 Å². The van der Waals surface area contributed by atoms with E-state index in [0.717, 1.165) is 11.3 Å². The van der Waals surface area contributed by atoms with Gasteiger partial charge in [-0.05, 0) is 0 Å². The van der Waals surface area contributed by atoms with Gasteiger partial charge in [0.25, 0.3) is 5.69 Å². The fourth-order valence-electron chi connectivity index (χ4n) is 1.45. The first-order chi connectivity index (χ1) is 9.02. The van der Waals surface area contributed by atoms with E-state index >= 15 is 0 Å². The average molecular weight is 279 g/mol. The number of carbonyl (C=O) groups excluding carboxylic acids is 1. The molecular weight excluding hydrogens is 270 g/mol. The standard InChI is InChI=1S/C11H9N3O4S/c1-18-11(15)8-9(12)19-10(13-8)6-3-2-4-7(5-6)14(16)17/h2-5H,12H2,1H3. The minimum atomic E-state index is -0.634. The Morgan fingerprint density at radius 1 is 1.53 bits per heavy atom. The van der Waals surface area contributed by atoms with Crippen molar-refractivity contribution in [3.05, 3.63) is 40.1 Å². The number of ether oxygens (including phenoxy) is 1. The smallest absolute Gasteiger partial charge is 0.359 e. The van der Waals surface area contributed by atoms with Crippen LogP contribution in [0, 0.1) is 10.1 Å². The highest BCUT2D eigenvalue weighted by Crippen LogP contribution is 2.31. The molecule has 2 N–H and O–H groups in total. The molecular formula is C11H9N3O4S. The molecule has 0 unspecified atom stereocenters. The number of non-ortho nitro benzene ring substituents is 1. The maximum atomic E-state index is 11.4. The second-order valence-corrected chi connectivity index (χ2v) is 4.56. The Labute approximate surface area is 111 Å². The van der Waals surface area contributed by atoms with E-state index in [2.05, 4.69) is 9.72 Å². The Morgan fingerprint density at radius 3 is 2.89 bits per heavy atom. The molecule has 1 aromatic carbocycles. The number of rotatable bonds is 3. The number of carbonyl (C=O) groups is 1. The number of nitrogens with zero attached hydrogens (tertiary/aromatic N) is 2. The van der Waals surface area contributed by atoms with E-state index in [1.54, 1.807) is 12.1 Å². The third kappa shape index (κ3) is 2.52. The first-order valence-electron chi connectivity index (χ1n) is 5.12. The zero-order chi connectivity index (χ0) is 14.0. The lowest BCUT2D eigenvalue weighted by Crippen LogP contribution is -2.04. The van der Waals surface area contributed by atoms with E-state index in [1.165, 1.54) is 19.2 Å². The van der Waals surface area contributed by atoms with Crippen molar-refractivity contribution in [3.8, 4) is 10.6 Å². The molecule has 98 valence electrons. The molecule has 19 heavy (non-hydrogen) atoms. The first kappa shape index (κ1) is 13.0. The van der Waals surface area contributed by atoms with Crippen molar-refractivity contribution in [1.82, 2.24) is 4.98 Å². The highest BCUT2D eigenvalue weighted by atomic mass is 32.1. The molecule has 8 heteroatoms. The van der Waals surface area contributed by atoms with Crippen LogP contribution >= 0.6 is 11.3 Å². The molecule has 0 radical (unpaired) electrons. The number of nitro benzene ring substituents is 1. The van der Waals surface area contributed by atoms with Crippen LogP contribution in [0.5, 0.6) is 0 Å². The van der Waals surface area contributed by atoms with Crippen molar-refractivity contribution in [2.45, 2.75) is 0 Å². The van der Waals surface area contributed by atoms with Crippen LogP contribution < -0.4 is 5.73 Å². The molecule has 0 saturated carbocycles. The van der Waals surface area contributed by atoms with Crippen molar-refractivity contribution in [1.29, 1.82) is 0 Å². The second-order valence-electron chi connectivity index (χ2n) is 3.53. The van der Waals surface area contributed by atoms with Crippen LogP contribution in [0.1, 0.15) is 10.5 Å². The molecule has 7 nitrogen and oxygen atoms in total. The third-order valence-electron chi connectivity index (χ3n) is 2.34. The maximum Gasteiger partial charge on any atom is 0.359 e. The van der Waals surface area contributed by atoms with Gasteiger partial charge in [-0.25, -0.2) is 9.78 Å². The highest BCUT2D eigenvalue weighted by Gasteiger charge is 2.18. The lowest BCUT2D eigenvalue weighted by Gasteiger charge is -1.96. The fourth-order valence-corrected chi connectivity index (χ4v) is 2.27. The molecule has 0 amide bonds. The molecule has 1 aromatic heterocycles. The minimum absolute atomic E-state index is 0.0222. The molecule has 0 aliphatic heterocycles. The van der Waals surface area contributed by atoms with Crippen LogP contribution in [-0.2, 0) is 4.74 Å². The summed E-state index contributed by atoms with van der Waals surface area (Å²) in [7, 11) is 1.23. The Balaban J connectivity index is 2.45. The number of hydrogen-bond acceptors (Lipinski definition) is 7. The summed E-state index contributed by atoms with van der Waals surface area (Å²) in [5, 5.41) is 11.3. The van der Waals surface area contributed by atoms with Crippen LogP contribution in [0.2, 0.25) is 0 Å². The van der Waals surface area contributed by atoms with Crippen LogP contribution in [-0.4, -0.2) is 23.0 Å². The van der Waals surface area contributed by atoms with Gasteiger partial charge in [-0.2, -0.15) is 0 Å². The molecule has 0 spiro atoms. The third-order valence-corrected chi connectivity index (χ3v) is 3.27. The summed E-state index contributed by atoms with van der Waals surface area (Å²) in [5.41, 5.74) is 6.18. The van der Waals surface area contributed by atoms with Gasteiger partial charge in [0.15, 0.2) is 5.69 Å². The lowest BCUT2D eigenvalue weighted by atomic mass is 10.2. The van der Waals surface area contributed by atoms with E-state index in [4.69, 9.17) is 5.73 Å². The van der Waals surface area contributed by atoms with Gasteiger partial charge in [-0.1, -0.05) is 23.5 Å².